The maximum atomic E-state index is 9.95. The Kier molecular flexibility index (Phi) is 7.14. The number of hydrogen-bond acceptors (Lipinski definition) is 4. The molecule has 0 unspecified atom stereocenters. The highest BCUT2D eigenvalue weighted by atomic mass is 16.5. The van der Waals surface area contributed by atoms with Gasteiger partial charge in [0.15, 0.2) is 17.5 Å². The monoisotopic (exact) mass is 382 g/mol. The Morgan fingerprint density at radius 1 is 1.07 bits per heavy atom. The molecule has 28 heavy (non-hydrogen) atoms. The van der Waals surface area contributed by atoms with Gasteiger partial charge in [-0.15, -0.1) is 0 Å². The highest BCUT2D eigenvalue weighted by molar-refractivity contribution is 5.80. The number of nitrogens with zero attached hydrogens (tertiary/aromatic N) is 3. The zero-order chi connectivity index (χ0) is 19.8. The third kappa shape index (κ3) is 5.39. The van der Waals surface area contributed by atoms with Gasteiger partial charge in [-0.1, -0.05) is 36.4 Å². The number of guanidine groups is 1. The minimum absolute atomic E-state index is 0.148. The number of aromatic hydroxyl groups is 1. The van der Waals surface area contributed by atoms with Gasteiger partial charge in [0.2, 0.25) is 0 Å². The summed E-state index contributed by atoms with van der Waals surface area (Å²) in [6.45, 7) is 8.36. The molecule has 0 bridgehead atoms. The second kappa shape index (κ2) is 9.99. The van der Waals surface area contributed by atoms with Gasteiger partial charge in [-0.25, -0.2) is 4.99 Å². The number of phenolic OH excluding ortho intramolecular Hbond substituents is 1. The van der Waals surface area contributed by atoms with Gasteiger partial charge in [-0.05, 0) is 30.2 Å². The molecule has 0 amide bonds. The molecule has 2 aromatic rings. The van der Waals surface area contributed by atoms with Crippen LogP contribution in [0.1, 0.15) is 18.1 Å². The Morgan fingerprint density at radius 3 is 2.46 bits per heavy atom. The molecule has 2 N–H and O–H groups in total. The quantitative estimate of drug-likeness (QED) is 0.594. The number of hydrogen-bond donors (Lipinski definition) is 2. The summed E-state index contributed by atoms with van der Waals surface area (Å²) in [7, 11) is 1.55. The van der Waals surface area contributed by atoms with Gasteiger partial charge in [0.1, 0.15) is 0 Å². The van der Waals surface area contributed by atoms with Crippen LogP contribution in [-0.4, -0.2) is 60.7 Å². The maximum Gasteiger partial charge on any atom is 0.194 e. The van der Waals surface area contributed by atoms with Crippen LogP contribution in [0, 0.1) is 0 Å². The van der Waals surface area contributed by atoms with Gasteiger partial charge in [0, 0.05) is 39.3 Å². The van der Waals surface area contributed by atoms with E-state index in [1.807, 2.05) is 6.07 Å². The predicted molar refractivity (Wildman–Crippen MR) is 113 cm³/mol. The molecule has 2 aromatic carbocycles. The molecule has 1 saturated heterocycles. The van der Waals surface area contributed by atoms with E-state index in [0.29, 0.717) is 12.3 Å². The number of aliphatic imine (C=N–C) groups is 1. The van der Waals surface area contributed by atoms with Crippen molar-refractivity contribution in [2.45, 2.75) is 20.0 Å². The zero-order valence-corrected chi connectivity index (χ0v) is 16.8. The van der Waals surface area contributed by atoms with Crippen LogP contribution < -0.4 is 10.1 Å². The molecule has 0 aliphatic carbocycles. The summed E-state index contributed by atoms with van der Waals surface area (Å²) in [6, 6.07) is 16.0. The maximum absolute atomic E-state index is 9.95. The minimum atomic E-state index is 0.148. The first kappa shape index (κ1) is 20.0. The fraction of sp³-hybridized carbons (Fsp3) is 0.409. The average molecular weight is 383 g/mol. The van der Waals surface area contributed by atoms with Crippen molar-refractivity contribution in [2.24, 2.45) is 4.99 Å². The average Bonchev–Trinajstić information content (AvgIpc) is 2.73. The highest BCUT2D eigenvalue weighted by Crippen LogP contribution is 2.26. The van der Waals surface area contributed by atoms with E-state index in [0.717, 1.165) is 50.8 Å². The Hall–Kier alpha value is -2.73. The van der Waals surface area contributed by atoms with Crippen molar-refractivity contribution in [1.29, 1.82) is 0 Å². The van der Waals surface area contributed by atoms with Crippen LogP contribution in [0.4, 0.5) is 0 Å². The van der Waals surface area contributed by atoms with E-state index in [2.05, 4.69) is 52.4 Å². The van der Waals surface area contributed by atoms with Crippen molar-refractivity contribution in [3.8, 4) is 11.5 Å². The first-order valence-electron chi connectivity index (χ1n) is 9.85. The normalized spacial score (nSPS) is 15.5. The molecule has 150 valence electrons. The molecule has 1 heterocycles. The molecule has 0 radical (unpaired) electrons. The van der Waals surface area contributed by atoms with E-state index in [-0.39, 0.29) is 5.75 Å². The Labute approximate surface area is 167 Å². The number of piperazine rings is 1. The summed E-state index contributed by atoms with van der Waals surface area (Å²) >= 11 is 0. The molecule has 1 aliphatic heterocycles. The summed E-state index contributed by atoms with van der Waals surface area (Å²) in [6.07, 6.45) is 0. The van der Waals surface area contributed by atoms with E-state index in [1.54, 1.807) is 19.2 Å². The third-order valence-corrected chi connectivity index (χ3v) is 4.91. The van der Waals surface area contributed by atoms with Gasteiger partial charge in [-0.3, -0.25) is 4.90 Å². The minimum Gasteiger partial charge on any atom is -0.504 e. The Balaban J connectivity index is 1.58. The van der Waals surface area contributed by atoms with Gasteiger partial charge < -0.3 is 20.1 Å². The third-order valence-electron chi connectivity index (χ3n) is 4.91. The molecule has 0 atom stereocenters. The molecule has 3 rings (SSSR count). The number of methoxy groups -OCH3 is 1. The molecule has 0 aromatic heterocycles. The van der Waals surface area contributed by atoms with E-state index in [9.17, 15) is 5.11 Å². The number of ether oxygens (including phenoxy) is 1. The number of nitrogens with one attached hydrogen (secondary N) is 1. The lowest BCUT2D eigenvalue weighted by atomic mass is 10.2. The summed E-state index contributed by atoms with van der Waals surface area (Å²) in [5.74, 6) is 1.56. The molecule has 0 spiro atoms. The summed E-state index contributed by atoms with van der Waals surface area (Å²) in [5, 5.41) is 13.3. The van der Waals surface area contributed by atoms with Crippen LogP contribution >= 0.6 is 0 Å². The molecule has 1 fully saturated rings. The molecular formula is C22H30N4O2. The fourth-order valence-electron chi connectivity index (χ4n) is 3.39. The topological polar surface area (TPSA) is 60.3 Å². The van der Waals surface area contributed by atoms with Crippen molar-refractivity contribution in [1.82, 2.24) is 15.1 Å². The van der Waals surface area contributed by atoms with E-state index in [4.69, 9.17) is 9.73 Å². The standard InChI is InChI=1S/C22H30N4O2/c1-3-23-22(24-16-19-9-10-21(28-2)20(27)15-19)26-13-11-25(12-14-26)17-18-7-5-4-6-8-18/h4-10,15,27H,3,11-14,16-17H2,1-2H3,(H,23,24). The first-order valence-corrected chi connectivity index (χ1v) is 9.85. The van der Waals surface area contributed by atoms with Gasteiger partial charge >= 0.3 is 0 Å². The highest BCUT2D eigenvalue weighted by Gasteiger charge is 2.19. The van der Waals surface area contributed by atoms with Crippen LogP contribution in [0.15, 0.2) is 53.5 Å². The number of phenols is 1. The molecule has 0 saturated carbocycles. The van der Waals surface area contributed by atoms with Gasteiger partial charge in [0.05, 0.1) is 13.7 Å². The second-order valence-electron chi connectivity index (χ2n) is 6.93. The van der Waals surface area contributed by atoms with E-state index in [1.165, 1.54) is 5.56 Å². The zero-order valence-electron chi connectivity index (χ0n) is 16.8. The lowest BCUT2D eigenvalue weighted by Crippen LogP contribution is -2.52. The number of rotatable bonds is 6. The lowest BCUT2D eigenvalue weighted by Gasteiger charge is -2.36. The van der Waals surface area contributed by atoms with Crippen molar-refractivity contribution in [2.75, 3.05) is 39.8 Å². The summed E-state index contributed by atoms with van der Waals surface area (Å²) < 4.78 is 5.10. The molecule has 6 nitrogen and oxygen atoms in total. The smallest absolute Gasteiger partial charge is 0.194 e. The summed E-state index contributed by atoms with van der Waals surface area (Å²) in [4.78, 5) is 9.57. The van der Waals surface area contributed by atoms with Gasteiger partial charge in [-0.2, -0.15) is 0 Å². The molecule has 6 heteroatoms. The van der Waals surface area contributed by atoms with E-state index < -0.39 is 0 Å². The van der Waals surface area contributed by atoms with Crippen LogP contribution in [0.25, 0.3) is 0 Å². The van der Waals surface area contributed by atoms with Crippen molar-refractivity contribution < 1.29 is 9.84 Å². The van der Waals surface area contributed by atoms with Crippen LogP contribution in [0.2, 0.25) is 0 Å². The van der Waals surface area contributed by atoms with Crippen LogP contribution in [0.3, 0.4) is 0 Å². The second-order valence-corrected chi connectivity index (χ2v) is 6.93. The van der Waals surface area contributed by atoms with Crippen LogP contribution in [0.5, 0.6) is 11.5 Å². The first-order chi connectivity index (χ1) is 13.7. The van der Waals surface area contributed by atoms with Crippen molar-refractivity contribution >= 4 is 5.96 Å². The largest absolute Gasteiger partial charge is 0.504 e. The summed E-state index contributed by atoms with van der Waals surface area (Å²) in [5.41, 5.74) is 2.31. The van der Waals surface area contributed by atoms with Crippen molar-refractivity contribution in [3.05, 3.63) is 59.7 Å². The van der Waals surface area contributed by atoms with Crippen LogP contribution in [-0.2, 0) is 13.1 Å². The SMILES string of the molecule is CCNC(=NCc1ccc(OC)c(O)c1)N1CCN(Cc2ccccc2)CC1. The van der Waals surface area contributed by atoms with Crippen molar-refractivity contribution in [3.63, 3.8) is 0 Å². The Bertz CT molecular complexity index is 771. The van der Waals surface area contributed by atoms with Gasteiger partial charge in [0.25, 0.3) is 0 Å². The predicted octanol–water partition coefficient (Wildman–Crippen LogP) is 2.68. The number of benzene rings is 2. The Morgan fingerprint density at radius 2 is 1.82 bits per heavy atom. The fourth-order valence-corrected chi connectivity index (χ4v) is 3.39. The molecular weight excluding hydrogens is 352 g/mol. The molecule has 1 aliphatic rings. The lowest BCUT2D eigenvalue weighted by molar-refractivity contribution is 0.172. The van der Waals surface area contributed by atoms with E-state index >= 15 is 0 Å².